The number of carbonyl (C=O) groups excluding carboxylic acids is 1. The summed E-state index contributed by atoms with van der Waals surface area (Å²) >= 11 is 8.11. The third-order valence-electron chi connectivity index (χ3n) is 2.99. The molecule has 21 heavy (non-hydrogen) atoms. The summed E-state index contributed by atoms with van der Waals surface area (Å²) in [6.45, 7) is 0. The lowest BCUT2D eigenvalue weighted by atomic mass is 10.1. The molecule has 3 nitrogen and oxygen atoms in total. The van der Waals surface area contributed by atoms with Crippen LogP contribution in [-0.2, 0) is 0 Å². The second-order valence-electron chi connectivity index (χ2n) is 4.28. The van der Waals surface area contributed by atoms with E-state index < -0.39 is 11.7 Å². The van der Waals surface area contributed by atoms with Gasteiger partial charge in [-0.3, -0.25) is 4.79 Å². The minimum atomic E-state index is -0.469. The standard InChI is InChI=1S/C15H12ClFINO2/c1-19(13-6-4-3-5-11(13)17)15(20)9-7-10(16)12(18)8-14(9)21-2/h3-8H,1-2H3. The lowest BCUT2D eigenvalue weighted by molar-refractivity contribution is 0.0989. The molecule has 0 heterocycles. The molecule has 0 radical (unpaired) electrons. The van der Waals surface area contributed by atoms with E-state index in [9.17, 15) is 9.18 Å². The van der Waals surface area contributed by atoms with Gasteiger partial charge in [0.05, 0.1) is 23.4 Å². The molecular weight excluding hydrogens is 408 g/mol. The zero-order valence-electron chi connectivity index (χ0n) is 11.4. The van der Waals surface area contributed by atoms with Gasteiger partial charge in [-0.25, -0.2) is 4.39 Å². The van der Waals surface area contributed by atoms with E-state index in [1.165, 1.54) is 37.3 Å². The van der Waals surface area contributed by atoms with E-state index in [0.29, 0.717) is 10.8 Å². The molecule has 1 amide bonds. The van der Waals surface area contributed by atoms with Crippen molar-refractivity contribution in [2.24, 2.45) is 0 Å². The molecule has 6 heteroatoms. The van der Waals surface area contributed by atoms with Gasteiger partial charge in [-0.05, 0) is 46.9 Å². The number of anilines is 1. The molecule has 0 aliphatic heterocycles. The molecule has 2 rings (SSSR count). The topological polar surface area (TPSA) is 29.5 Å². The summed E-state index contributed by atoms with van der Waals surface area (Å²) in [5.74, 6) is -0.462. The van der Waals surface area contributed by atoms with Crippen LogP contribution in [0, 0.1) is 9.39 Å². The molecule has 0 saturated carbocycles. The first-order chi connectivity index (χ1) is 9.95. The summed E-state index contributed by atoms with van der Waals surface area (Å²) in [5, 5.41) is 0.446. The molecule has 0 unspecified atom stereocenters. The van der Waals surface area contributed by atoms with Crippen molar-refractivity contribution >= 4 is 45.8 Å². The lowest BCUT2D eigenvalue weighted by Gasteiger charge is -2.19. The minimum absolute atomic E-state index is 0.194. The van der Waals surface area contributed by atoms with Crippen LogP contribution in [0.15, 0.2) is 36.4 Å². The fraction of sp³-hybridized carbons (Fsp3) is 0.133. The Hall–Kier alpha value is -1.34. The monoisotopic (exact) mass is 419 g/mol. The number of hydrogen-bond acceptors (Lipinski definition) is 2. The Labute approximate surface area is 140 Å². The van der Waals surface area contributed by atoms with Crippen LogP contribution in [0.3, 0.4) is 0 Å². The Morgan fingerprint density at radius 3 is 2.62 bits per heavy atom. The highest BCUT2D eigenvalue weighted by atomic mass is 127. The normalized spacial score (nSPS) is 10.3. The van der Waals surface area contributed by atoms with Gasteiger partial charge in [0, 0.05) is 10.6 Å². The van der Waals surface area contributed by atoms with Crippen LogP contribution in [-0.4, -0.2) is 20.1 Å². The number of para-hydroxylation sites is 1. The minimum Gasteiger partial charge on any atom is -0.496 e. The van der Waals surface area contributed by atoms with Crippen LogP contribution in [0.1, 0.15) is 10.4 Å². The molecule has 0 bridgehead atoms. The van der Waals surface area contributed by atoms with Gasteiger partial charge < -0.3 is 9.64 Å². The Balaban J connectivity index is 2.45. The number of benzene rings is 2. The van der Waals surface area contributed by atoms with Crippen molar-refractivity contribution in [1.82, 2.24) is 0 Å². The van der Waals surface area contributed by atoms with Crippen LogP contribution >= 0.6 is 34.2 Å². The van der Waals surface area contributed by atoms with Crippen molar-refractivity contribution in [3.63, 3.8) is 0 Å². The molecule has 0 aliphatic carbocycles. The van der Waals surface area contributed by atoms with Crippen molar-refractivity contribution < 1.29 is 13.9 Å². The number of hydrogen-bond donors (Lipinski definition) is 0. The molecule has 0 saturated heterocycles. The van der Waals surface area contributed by atoms with Gasteiger partial charge in [-0.15, -0.1) is 0 Å². The lowest BCUT2D eigenvalue weighted by Crippen LogP contribution is -2.27. The molecule has 110 valence electrons. The number of amides is 1. The van der Waals surface area contributed by atoms with E-state index in [4.69, 9.17) is 16.3 Å². The van der Waals surface area contributed by atoms with Crippen LogP contribution in [0.5, 0.6) is 5.75 Å². The maximum atomic E-state index is 13.8. The van der Waals surface area contributed by atoms with E-state index in [-0.39, 0.29) is 11.3 Å². The summed E-state index contributed by atoms with van der Waals surface area (Å²) < 4.78 is 19.8. The molecular formula is C15H12ClFINO2. The second kappa shape index (κ2) is 6.62. The predicted octanol–water partition coefficient (Wildman–Crippen LogP) is 4.37. The van der Waals surface area contributed by atoms with Crippen LogP contribution in [0.2, 0.25) is 5.02 Å². The summed E-state index contributed by atoms with van der Waals surface area (Å²) in [6.07, 6.45) is 0. The van der Waals surface area contributed by atoms with Crippen molar-refractivity contribution in [2.75, 3.05) is 19.1 Å². The molecule has 2 aromatic carbocycles. The Morgan fingerprint density at radius 1 is 1.33 bits per heavy atom. The van der Waals surface area contributed by atoms with Crippen molar-refractivity contribution in [3.8, 4) is 5.75 Å². The highest BCUT2D eigenvalue weighted by Crippen LogP contribution is 2.30. The zero-order chi connectivity index (χ0) is 15.6. The predicted molar refractivity (Wildman–Crippen MR) is 89.9 cm³/mol. The Kier molecular flexibility index (Phi) is 5.05. The van der Waals surface area contributed by atoms with E-state index in [2.05, 4.69) is 22.6 Å². The van der Waals surface area contributed by atoms with Gasteiger partial charge in [0.15, 0.2) is 0 Å². The van der Waals surface area contributed by atoms with Gasteiger partial charge in [-0.1, -0.05) is 23.7 Å². The number of halogens is 3. The third kappa shape index (κ3) is 3.29. The first-order valence-electron chi connectivity index (χ1n) is 6.01. The van der Waals surface area contributed by atoms with E-state index in [1.807, 2.05) is 0 Å². The van der Waals surface area contributed by atoms with Gasteiger partial charge in [-0.2, -0.15) is 0 Å². The number of carbonyl (C=O) groups is 1. The average molecular weight is 420 g/mol. The highest BCUT2D eigenvalue weighted by molar-refractivity contribution is 14.1. The van der Waals surface area contributed by atoms with Crippen LogP contribution < -0.4 is 9.64 Å². The SMILES string of the molecule is COc1cc(I)c(Cl)cc1C(=O)N(C)c1ccccc1F. The van der Waals surface area contributed by atoms with Gasteiger partial charge in [0.25, 0.3) is 5.91 Å². The average Bonchev–Trinajstić information content (AvgIpc) is 2.48. The zero-order valence-corrected chi connectivity index (χ0v) is 14.3. The van der Waals surface area contributed by atoms with Crippen molar-refractivity contribution in [2.45, 2.75) is 0 Å². The number of rotatable bonds is 3. The largest absolute Gasteiger partial charge is 0.496 e. The quantitative estimate of drug-likeness (QED) is 0.692. The Morgan fingerprint density at radius 2 is 2.00 bits per heavy atom. The molecule has 0 aromatic heterocycles. The van der Waals surface area contributed by atoms with Crippen LogP contribution in [0.25, 0.3) is 0 Å². The fourth-order valence-electron chi connectivity index (χ4n) is 1.88. The van der Waals surface area contributed by atoms with Crippen molar-refractivity contribution in [1.29, 1.82) is 0 Å². The van der Waals surface area contributed by atoms with Gasteiger partial charge in [0.1, 0.15) is 11.6 Å². The summed E-state index contributed by atoms with van der Waals surface area (Å²) in [4.78, 5) is 13.8. The first-order valence-corrected chi connectivity index (χ1v) is 7.47. The fourth-order valence-corrected chi connectivity index (χ4v) is 2.48. The number of methoxy groups -OCH3 is 1. The molecule has 0 fully saturated rings. The number of ether oxygens (including phenoxy) is 1. The molecule has 0 aliphatic rings. The van der Waals surface area contributed by atoms with E-state index in [1.54, 1.807) is 18.2 Å². The smallest absolute Gasteiger partial charge is 0.261 e. The number of nitrogens with zero attached hydrogens (tertiary/aromatic N) is 1. The van der Waals surface area contributed by atoms with Gasteiger partial charge >= 0.3 is 0 Å². The van der Waals surface area contributed by atoms with Crippen LogP contribution in [0.4, 0.5) is 10.1 Å². The summed E-state index contributed by atoms with van der Waals surface area (Å²) in [5.41, 5.74) is 0.480. The van der Waals surface area contributed by atoms with Gasteiger partial charge in [0.2, 0.25) is 0 Å². The molecule has 0 spiro atoms. The maximum Gasteiger partial charge on any atom is 0.261 e. The highest BCUT2D eigenvalue weighted by Gasteiger charge is 2.21. The third-order valence-corrected chi connectivity index (χ3v) is 4.52. The molecule has 0 N–H and O–H groups in total. The summed E-state index contributed by atoms with van der Waals surface area (Å²) in [6, 6.07) is 9.28. The maximum absolute atomic E-state index is 13.8. The summed E-state index contributed by atoms with van der Waals surface area (Å²) in [7, 11) is 2.98. The first kappa shape index (κ1) is 16.0. The van der Waals surface area contributed by atoms with E-state index >= 15 is 0 Å². The molecule has 2 aromatic rings. The molecule has 0 atom stereocenters. The second-order valence-corrected chi connectivity index (χ2v) is 5.85. The van der Waals surface area contributed by atoms with E-state index in [0.717, 1.165) is 3.57 Å². The Bertz CT molecular complexity index is 693. The van der Waals surface area contributed by atoms with Crippen molar-refractivity contribution in [3.05, 3.63) is 56.4 Å².